The van der Waals surface area contributed by atoms with Crippen LogP contribution in [-0.2, 0) is 6.54 Å². The van der Waals surface area contributed by atoms with Crippen LogP contribution in [0.25, 0.3) is 0 Å². The van der Waals surface area contributed by atoms with Crippen molar-refractivity contribution in [3.63, 3.8) is 0 Å². The fraction of sp³-hybridized carbons (Fsp3) is 0.588. The van der Waals surface area contributed by atoms with Crippen LogP contribution >= 0.6 is 0 Å². The maximum atomic E-state index is 9.02. The third kappa shape index (κ3) is 3.60. The molecule has 1 unspecified atom stereocenters. The highest BCUT2D eigenvalue weighted by molar-refractivity contribution is 5.87. The second-order valence-electron chi connectivity index (χ2n) is 6.08. The van der Waals surface area contributed by atoms with Crippen molar-refractivity contribution in [1.29, 1.82) is 0 Å². The maximum absolute atomic E-state index is 9.02. The standard InChI is InChI=1S/C17H26N2O/c1-4-15-12-19(10-9-17(15)18-20)11-14-5-7-16(8-6-14)13(2)3/h5-8,13,15,20H,4,9-12H2,1-3H3/b18-17+. The topological polar surface area (TPSA) is 35.8 Å². The van der Waals surface area contributed by atoms with Gasteiger partial charge in [-0.15, -0.1) is 0 Å². The van der Waals surface area contributed by atoms with Crippen LogP contribution < -0.4 is 0 Å². The van der Waals surface area contributed by atoms with Gasteiger partial charge in [0, 0.05) is 32.0 Å². The summed E-state index contributed by atoms with van der Waals surface area (Å²) in [5.74, 6) is 0.996. The van der Waals surface area contributed by atoms with E-state index in [1.54, 1.807) is 0 Å². The zero-order valence-corrected chi connectivity index (χ0v) is 12.8. The Bertz CT molecular complexity index is 451. The molecule has 1 saturated heterocycles. The van der Waals surface area contributed by atoms with Gasteiger partial charge in [-0.05, 0) is 23.5 Å². The summed E-state index contributed by atoms with van der Waals surface area (Å²) in [7, 11) is 0. The highest BCUT2D eigenvalue weighted by Gasteiger charge is 2.24. The van der Waals surface area contributed by atoms with E-state index in [9.17, 15) is 0 Å². The molecule has 1 aromatic rings. The molecule has 1 N–H and O–H groups in total. The van der Waals surface area contributed by atoms with E-state index < -0.39 is 0 Å². The van der Waals surface area contributed by atoms with Gasteiger partial charge < -0.3 is 5.21 Å². The fourth-order valence-corrected chi connectivity index (χ4v) is 2.89. The number of nitrogens with zero attached hydrogens (tertiary/aromatic N) is 2. The van der Waals surface area contributed by atoms with E-state index in [0.717, 1.165) is 38.2 Å². The Balaban J connectivity index is 1.97. The average molecular weight is 274 g/mol. The van der Waals surface area contributed by atoms with Crippen molar-refractivity contribution < 1.29 is 5.21 Å². The van der Waals surface area contributed by atoms with E-state index in [1.807, 2.05) is 0 Å². The zero-order valence-electron chi connectivity index (χ0n) is 12.8. The van der Waals surface area contributed by atoms with Gasteiger partial charge in [0.15, 0.2) is 0 Å². The van der Waals surface area contributed by atoms with Crippen LogP contribution in [0.3, 0.4) is 0 Å². The number of hydrogen-bond acceptors (Lipinski definition) is 3. The second kappa shape index (κ2) is 6.89. The van der Waals surface area contributed by atoms with Crippen molar-refractivity contribution in [3.8, 4) is 0 Å². The van der Waals surface area contributed by atoms with E-state index in [-0.39, 0.29) is 0 Å². The lowest BCUT2D eigenvalue weighted by Crippen LogP contribution is -2.40. The van der Waals surface area contributed by atoms with Crippen molar-refractivity contribution in [1.82, 2.24) is 4.90 Å². The van der Waals surface area contributed by atoms with Gasteiger partial charge >= 0.3 is 0 Å². The van der Waals surface area contributed by atoms with Gasteiger partial charge in [0.1, 0.15) is 0 Å². The smallest absolute Gasteiger partial charge is 0.0627 e. The molecule has 1 atom stereocenters. The normalized spacial score (nSPS) is 22.6. The first-order chi connectivity index (χ1) is 9.63. The summed E-state index contributed by atoms with van der Waals surface area (Å²) in [5.41, 5.74) is 3.74. The third-order valence-electron chi connectivity index (χ3n) is 4.31. The Morgan fingerprint density at radius 3 is 2.55 bits per heavy atom. The van der Waals surface area contributed by atoms with Crippen LogP contribution in [-0.4, -0.2) is 28.9 Å². The molecule has 110 valence electrons. The number of rotatable bonds is 4. The second-order valence-corrected chi connectivity index (χ2v) is 6.08. The van der Waals surface area contributed by atoms with Gasteiger partial charge in [0.05, 0.1) is 5.71 Å². The van der Waals surface area contributed by atoms with E-state index in [0.29, 0.717) is 11.8 Å². The molecular formula is C17H26N2O. The molecule has 0 radical (unpaired) electrons. The molecule has 0 aliphatic carbocycles. The molecule has 0 bridgehead atoms. The monoisotopic (exact) mass is 274 g/mol. The molecule has 0 spiro atoms. The molecular weight excluding hydrogens is 248 g/mol. The Hall–Kier alpha value is -1.35. The minimum absolute atomic E-state index is 0.406. The van der Waals surface area contributed by atoms with Crippen molar-refractivity contribution >= 4 is 5.71 Å². The summed E-state index contributed by atoms with van der Waals surface area (Å²) < 4.78 is 0. The lowest BCUT2D eigenvalue weighted by Gasteiger charge is -2.32. The summed E-state index contributed by atoms with van der Waals surface area (Å²) in [6, 6.07) is 8.96. The van der Waals surface area contributed by atoms with Crippen LogP contribution in [0, 0.1) is 5.92 Å². The molecule has 2 rings (SSSR count). The number of hydrogen-bond donors (Lipinski definition) is 1. The predicted octanol–water partition coefficient (Wildman–Crippen LogP) is 3.87. The quantitative estimate of drug-likeness (QED) is 0.668. The van der Waals surface area contributed by atoms with Gasteiger partial charge in [-0.1, -0.05) is 50.2 Å². The van der Waals surface area contributed by atoms with Gasteiger partial charge in [-0.3, -0.25) is 4.90 Å². The highest BCUT2D eigenvalue weighted by Crippen LogP contribution is 2.20. The Morgan fingerprint density at radius 1 is 1.30 bits per heavy atom. The molecule has 0 saturated carbocycles. The molecule has 1 fully saturated rings. The zero-order chi connectivity index (χ0) is 14.5. The molecule has 1 heterocycles. The summed E-state index contributed by atoms with van der Waals surface area (Å²) in [6.45, 7) is 9.59. The predicted molar refractivity (Wildman–Crippen MR) is 83.4 cm³/mol. The van der Waals surface area contributed by atoms with E-state index in [1.165, 1.54) is 11.1 Å². The van der Waals surface area contributed by atoms with Crippen molar-refractivity contribution in [2.24, 2.45) is 11.1 Å². The molecule has 0 amide bonds. The van der Waals surface area contributed by atoms with Crippen LogP contribution in [0.5, 0.6) is 0 Å². The van der Waals surface area contributed by atoms with Crippen LogP contribution in [0.15, 0.2) is 29.4 Å². The van der Waals surface area contributed by atoms with E-state index in [4.69, 9.17) is 5.21 Å². The average Bonchev–Trinajstić information content (AvgIpc) is 2.47. The summed E-state index contributed by atoms with van der Waals surface area (Å²) in [6.07, 6.45) is 1.93. The van der Waals surface area contributed by atoms with E-state index >= 15 is 0 Å². The van der Waals surface area contributed by atoms with Gasteiger partial charge in [-0.25, -0.2) is 0 Å². The van der Waals surface area contributed by atoms with Crippen molar-refractivity contribution in [2.75, 3.05) is 13.1 Å². The van der Waals surface area contributed by atoms with Crippen LogP contribution in [0.2, 0.25) is 0 Å². The fourth-order valence-electron chi connectivity index (χ4n) is 2.89. The summed E-state index contributed by atoms with van der Waals surface area (Å²) >= 11 is 0. The Morgan fingerprint density at radius 2 is 2.00 bits per heavy atom. The first kappa shape index (κ1) is 15.0. The van der Waals surface area contributed by atoms with Gasteiger partial charge in [0.25, 0.3) is 0 Å². The van der Waals surface area contributed by atoms with Crippen molar-refractivity contribution in [2.45, 2.75) is 46.1 Å². The van der Waals surface area contributed by atoms with Crippen LogP contribution in [0.4, 0.5) is 0 Å². The first-order valence-electron chi connectivity index (χ1n) is 7.66. The van der Waals surface area contributed by atoms with Gasteiger partial charge in [-0.2, -0.15) is 0 Å². The highest BCUT2D eigenvalue weighted by atomic mass is 16.4. The first-order valence-corrected chi connectivity index (χ1v) is 7.66. The lowest BCUT2D eigenvalue weighted by molar-refractivity contribution is 0.220. The molecule has 3 nitrogen and oxygen atoms in total. The number of oxime groups is 1. The molecule has 1 aromatic carbocycles. The lowest BCUT2D eigenvalue weighted by atomic mass is 9.93. The summed E-state index contributed by atoms with van der Waals surface area (Å²) in [5, 5.41) is 12.5. The minimum atomic E-state index is 0.406. The molecule has 20 heavy (non-hydrogen) atoms. The SMILES string of the molecule is CCC1CN(Cc2ccc(C(C)C)cc2)CC/C1=N\O. The largest absolute Gasteiger partial charge is 0.411 e. The molecule has 3 heteroatoms. The van der Waals surface area contributed by atoms with Gasteiger partial charge in [0.2, 0.25) is 0 Å². The van der Waals surface area contributed by atoms with E-state index in [2.05, 4.69) is 55.1 Å². The van der Waals surface area contributed by atoms with Crippen LogP contribution in [0.1, 0.15) is 50.7 Å². The minimum Gasteiger partial charge on any atom is -0.411 e. The molecule has 1 aliphatic heterocycles. The number of likely N-dealkylation sites (tertiary alicyclic amines) is 1. The third-order valence-corrected chi connectivity index (χ3v) is 4.31. The Labute approximate surface area is 122 Å². The Kier molecular flexibility index (Phi) is 5.18. The maximum Gasteiger partial charge on any atom is 0.0627 e. The number of benzene rings is 1. The number of piperidine rings is 1. The summed E-state index contributed by atoms with van der Waals surface area (Å²) in [4.78, 5) is 2.47. The molecule has 0 aromatic heterocycles. The van der Waals surface area contributed by atoms with Crippen molar-refractivity contribution in [3.05, 3.63) is 35.4 Å². The molecule has 1 aliphatic rings.